The van der Waals surface area contributed by atoms with Crippen molar-refractivity contribution in [1.29, 1.82) is 0 Å². The maximum absolute atomic E-state index is 12.8. The van der Waals surface area contributed by atoms with Gasteiger partial charge in [-0.15, -0.1) is 11.8 Å². The van der Waals surface area contributed by atoms with Gasteiger partial charge >= 0.3 is 0 Å². The minimum Gasteiger partial charge on any atom is -0.383 e. The van der Waals surface area contributed by atoms with Crippen LogP contribution in [-0.2, 0) is 9.53 Å². The van der Waals surface area contributed by atoms with Gasteiger partial charge in [0.15, 0.2) is 0 Å². The molecule has 2 rings (SSSR count). The number of carbonyl (C=O) groups is 2. The molecule has 24 heavy (non-hydrogen) atoms. The molecule has 0 spiro atoms. The zero-order valence-corrected chi connectivity index (χ0v) is 15.2. The van der Waals surface area contributed by atoms with Crippen LogP contribution in [0.5, 0.6) is 0 Å². The smallest absolute Gasteiger partial charge is 0.254 e. The van der Waals surface area contributed by atoms with Crippen LogP contribution in [-0.4, -0.2) is 55.8 Å². The monoisotopic (exact) mass is 350 g/mol. The van der Waals surface area contributed by atoms with Crippen LogP contribution in [0.3, 0.4) is 0 Å². The summed E-state index contributed by atoms with van der Waals surface area (Å²) in [6.07, 6.45) is 2.12. The Balaban J connectivity index is 1.94. The van der Waals surface area contributed by atoms with E-state index in [-0.39, 0.29) is 11.8 Å². The number of carbonyl (C=O) groups excluding carboxylic acids is 2. The summed E-state index contributed by atoms with van der Waals surface area (Å²) in [4.78, 5) is 27.4. The van der Waals surface area contributed by atoms with Crippen molar-refractivity contribution in [3.63, 3.8) is 0 Å². The molecule has 1 heterocycles. The lowest BCUT2D eigenvalue weighted by Crippen LogP contribution is -2.38. The van der Waals surface area contributed by atoms with Gasteiger partial charge in [0, 0.05) is 31.6 Å². The molecule has 1 aromatic carbocycles. The highest BCUT2D eigenvalue weighted by molar-refractivity contribution is 8.00. The zero-order valence-electron chi connectivity index (χ0n) is 14.4. The first-order chi connectivity index (χ1) is 11.6. The number of hydrogen-bond donors (Lipinski definition) is 1. The highest BCUT2D eigenvalue weighted by Gasteiger charge is 2.23. The van der Waals surface area contributed by atoms with E-state index in [1.165, 1.54) is 11.8 Å². The van der Waals surface area contributed by atoms with Crippen LogP contribution in [0.4, 0.5) is 0 Å². The quantitative estimate of drug-likeness (QED) is 0.606. The Kier molecular flexibility index (Phi) is 7.59. The molecule has 0 bridgehead atoms. The predicted octanol–water partition coefficient (Wildman–Crippen LogP) is 2.41. The fourth-order valence-corrected chi connectivity index (χ4v) is 3.51. The number of thioether (sulfide) groups is 1. The predicted molar refractivity (Wildman–Crippen MR) is 96.4 cm³/mol. The van der Waals surface area contributed by atoms with Crippen LogP contribution >= 0.6 is 11.8 Å². The lowest BCUT2D eigenvalue weighted by Gasteiger charge is -2.30. The van der Waals surface area contributed by atoms with Crippen LogP contribution in [0, 0.1) is 5.92 Å². The molecule has 0 atom stereocenters. The average Bonchev–Trinajstić information content (AvgIpc) is 2.60. The maximum Gasteiger partial charge on any atom is 0.254 e. The fourth-order valence-electron chi connectivity index (χ4n) is 2.64. The second-order valence-electron chi connectivity index (χ2n) is 6.10. The van der Waals surface area contributed by atoms with Crippen LogP contribution in [0.25, 0.3) is 0 Å². The van der Waals surface area contributed by atoms with E-state index in [0.29, 0.717) is 30.4 Å². The fraction of sp³-hybridized carbons (Fsp3) is 0.556. The lowest BCUT2D eigenvalue weighted by atomic mass is 9.98. The Morgan fingerprint density at radius 3 is 2.71 bits per heavy atom. The molecule has 0 radical (unpaired) electrons. The molecule has 1 saturated heterocycles. The Morgan fingerprint density at radius 1 is 1.29 bits per heavy atom. The van der Waals surface area contributed by atoms with Gasteiger partial charge in [0.05, 0.1) is 17.9 Å². The Morgan fingerprint density at radius 2 is 2.00 bits per heavy atom. The standard InChI is InChI=1S/C18H26N2O3S/c1-14-7-10-20(11-8-14)18(22)15-5-3-4-6-16(15)24-13-17(21)19-9-12-23-2/h3-6,14H,7-13H2,1-2H3,(H,19,21). The molecular formula is C18H26N2O3S. The molecule has 1 aliphatic rings. The Bertz CT molecular complexity index is 557. The summed E-state index contributed by atoms with van der Waals surface area (Å²) in [5.41, 5.74) is 0.696. The highest BCUT2D eigenvalue weighted by atomic mass is 32.2. The van der Waals surface area contributed by atoms with Crippen molar-refractivity contribution < 1.29 is 14.3 Å². The first kappa shape index (κ1) is 18.8. The summed E-state index contributed by atoms with van der Waals surface area (Å²) in [6, 6.07) is 7.54. The molecule has 2 amide bonds. The molecule has 0 saturated carbocycles. The van der Waals surface area contributed by atoms with E-state index in [4.69, 9.17) is 4.74 Å². The molecule has 0 aromatic heterocycles. The summed E-state index contributed by atoms with van der Waals surface area (Å²) in [5.74, 6) is 1.01. The highest BCUT2D eigenvalue weighted by Crippen LogP contribution is 2.25. The number of benzene rings is 1. The molecule has 1 aliphatic heterocycles. The zero-order chi connectivity index (χ0) is 17.4. The van der Waals surface area contributed by atoms with E-state index >= 15 is 0 Å². The average molecular weight is 350 g/mol. The topological polar surface area (TPSA) is 58.6 Å². The third kappa shape index (κ3) is 5.53. The van der Waals surface area contributed by atoms with E-state index in [2.05, 4.69) is 12.2 Å². The minimum absolute atomic E-state index is 0.0499. The van der Waals surface area contributed by atoms with Crippen molar-refractivity contribution in [2.75, 3.05) is 39.1 Å². The summed E-state index contributed by atoms with van der Waals surface area (Å²) < 4.78 is 4.91. The summed E-state index contributed by atoms with van der Waals surface area (Å²) in [7, 11) is 1.60. The number of piperidine rings is 1. The van der Waals surface area contributed by atoms with E-state index in [9.17, 15) is 9.59 Å². The molecule has 132 valence electrons. The third-order valence-corrected chi connectivity index (χ3v) is 5.25. The molecule has 5 nitrogen and oxygen atoms in total. The second-order valence-corrected chi connectivity index (χ2v) is 7.12. The van der Waals surface area contributed by atoms with Gasteiger partial charge in [-0.25, -0.2) is 0 Å². The normalized spacial score (nSPS) is 15.3. The van der Waals surface area contributed by atoms with Crippen molar-refractivity contribution in [3.8, 4) is 0 Å². The number of amides is 2. The largest absolute Gasteiger partial charge is 0.383 e. The van der Waals surface area contributed by atoms with Crippen LogP contribution in [0.15, 0.2) is 29.2 Å². The number of nitrogens with zero attached hydrogens (tertiary/aromatic N) is 1. The lowest BCUT2D eigenvalue weighted by molar-refractivity contribution is -0.118. The van der Waals surface area contributed by atoms with Gasteiger partial charge in [0.1, 0.15) is 0 Å². The SMILES string of the molecule is COCCNC(=O)CSc1ccccc1C(=O)N1CCC(C)CC1. The molecule has 1 N–H and O–H groups in total. The first-order valence-corrected chi connectivity index (χ1v) is 9.37. The molecular weight excluding hydrogens is 324 g/mol. The Labute approximate surface area is 148 Å². The number of rotatable bonds is 7. The van der Waals surface area contributed by atoms with Gasteiger partial charge in [-0.05, 0) is 30.9 Å². The Hall–Kier alpha value is -1.53. The van der Waals surface area contributed by atoms with E-state index in [1.54, 1.807) is 7.11 Å². The molecule has 0 unspecified atom stereocenters. The summed E-state index contributed by atoms with van der Waals surface area (Å²) >= 11 is 1.41. The van der Waals surface area contributed by atoms with Crippen molar-refractivity contribution >= 4 is 23.6 Å². The molecule has 1 aromatic rings. The van der Waals surface area contributed by atoms with Crippen molar-refractivity contribution in [3.05, 3.63) is 29.8 Å². The van der Waals surface area contributed by atoms with E-state index in [0.717, 1.165) is 30.8 Å². The molecule has 6 heteroatoms. The summed E-state index contributed by atoms with van der Waals surface area (Å²) in [6.45, 7) is 4.86. The van der Waals surface area contributed by atoms with Gasteiger partial charge in [-0.1, -0.05) is 19.1 Å². The van der Waals surface area contributed by atoms with Crippen molar-refractivity contribution in [1.82, 2.24) is 10.2 Å². The second kappa shape index (κ2) is 9.69. The number of likely N-dealkylation sites (tertiary alicyclic amines) is 1. The van der Waals surface area contributed by atoms with Crippen LogP contribution in [0.1, 0.15) is 30.1 Å². The van der Waals surface area contributed by atoms with Crippen molar-refractivity contribution in [2.24, 2.45) is 5.92 Å². The van der Waals surface area contributed by atoms with Gasteiger partial charge in [0.25, 0.3) is 5.91 Å². The number of hydrogen-bond acceptors (Lipinski definition) is 4. The van der Waals surface area contributed by atoms with E-state index in [1.807, 2.05) is 29.2 Å². The third-order valence-electron chi connectivity index (χ3n) is 4.18. The van der Waals surface area contributed by atoms with Gasteiger partial charge in [0.2, 0.25) is 5.91 Å². The van der Waals surface area contributed by atoms with E-state index < -0.39 is 0 Å². The first-order valence-electron chi connectivity index (χ1n) is 8.38. The van der Waals surface area contributed by atoms with Gasteiger partial charge in [-0.3, -0.25) is 9.59 Å². The molecule has 1 fully saturated rings. The number of ether oxygens (including phenoxy) is 1. The number of nitrogens with one attached hydrogen (secondary N) is 1. The summed E-state index contributed by atoms with van der Waals surface area (Å²) in [5, 5.41) is 2.79. The number of methoxy groups -OCH3 is 1. The van der Waals surface area contributed by atoms with Gasteiger partial charge in [-0.2, -0.15) is 0 Å². The van der Waals surface area contributed by atoms with Crippen molar-refractivity contribution in [2.45, 2.75) is 24.7 Å². The van der Waals surface area contributed by atoms with Crippen LogP contribution < -0.4 is 5.32 Å². The van der Waals surface area contributed by atoms with Crippen LogP contribution in [0.2, 0.25) is 0 Å². The maximum atomic E-state index is 12.8. The minimum atomic E-state index is -0.0499. The van der Waals surface area contributed by atoms with Gasteiger partial charge < -0.3 is 15.0 Å². The molecule has 0 aliphatic carbocycles.